The highest BCUT2D eigenvalue weighted by atomic mass is 35.5. The van der Waals surface area contributed by atoms with Crippen LogP contribution in [0.25, 0.3) is 10.9 Å². The molecule has 1 saturated carbocycles. The SMILES string of the molecule is CCS(=O)C1CCCC(Nc2ncnc3cc(Cl)ccc23)C1. The summed E-state index contributed by atoms with van der Waals surface area (Å²) in [6.45, 7) is 1.99. The van der Waals surface area contributed by atoms with Crippen LogP contribution in [0, 0.1) is 0 Å². The molecule has 1 aliphatic carbocycles. The number of hydrogen-bond acceptors (Lipinski definition) is 4. The third kappa shape index (κ3) is 3.41. The van der Waals surface area contributed by atoms with Gasteiger partial charge in [-0.2, -0.15) is 0 Å². The molecule has 1 fully saturated rings. The molecule has 3 rings (SSSR count). The van der Waals surface area contributed by atoms with Crippen molar-refractivity contribution in [3.63, 3.8) is 0 Å². The van der Waals surface area contributed by atoms with E-state index < -0.39 is 10.8 Å². The molecule has 0 aliphatic heterocycles. The minimum Gasteiger partial charge on any atom is -0.367 e. The monoisotopic (exact) mass is 337 g/mol. The number of benzene rings is 1. The summed E-state index contributed by atoms with van der Waals surface area (Å²) in [5, 5.41) is 5.48. The molecule has 2 aromatic rings. The van der Waals surface area contributed by atoms with Crippen LogP contribution >= 0.6 is 11.6 Å². The van der Waals surface area contributed by atoms with Crippen molar-refractivity contribution < 1.29 is 4.21 Å². The third-order valence-electron chi connectivity index (χ3n) is 4.22. The lowest BCUT2D eigenvalue weighted by Gasteiger charge is -2.29. The minimum absolute atomic E-state index is 0.304. The van der Waals surface area contributed by atoms with Crippen LogP contribution in [-0.4, -0.2) is 31.2 Å². The summed E-state index contributed by atoms with van der Waals surface area (Å²) >= 11 is 6.02. The molecule has 1 heterocycles. The van der Waals surface area contributed by atoms with E-state index in [1.165, 1.54) is 0 Å². The van der Waals surface area contributed by atoms with E-state index in [4.69, 9.17) is 11.6 Å². The molecule has 1 aliphatic rings. The summed E-state index contributed by atoms with van der Waals surface area (Å²) < 4.78 is 12.1. The van der Waals surface area contributed by atoms with Crippen molar-refractivity contribution in [1.29, 1.82) is 0 Å². The molecule has 118 valence electrons. The zero-order chi connectivity index (χ0) is 15.5. The van der Waals surface area contributed by atoms with Crippen LogP contribution in [0.1, 0.15) is 32.6 Å². The van der Waals surface area contributed by atoms with E-state index in [9.17, 15) is 4.21 Å². The smallest absolute Gasteiger partial charge is 0.137 e. The largest absolute Gasteiger partial charge is 0.367 e. The number of halogens is 1. The summed E-state index contributed by atoms with van der Waals surface area (Å²) in [5.41, 5.74) is 0.842. The van der Waals surface area contributed by atoms with Crippen molar-refractivity contribution >= 4 is 39.1 Å². The van der Waals surface area contributed by atoms with E-state index >= 15 is 0 Å². The van der Waals surface area contributed by atoms with Crippen LogP contribution < -0.4 is 5.32 Å². The summed E-state index contributed by atoms with van der Waals surface area (Å²) in [5.74, 6) is 1.58. The highest BCUT2D eigenvalue weighted by Gasteiger charge is 2.26. The number of fused-ring (bicyclic) bond motifs is 1. The number of rotatable bonds is 4. The van der Waals surface area contributed by atoms with Gasteiger partial charge in [0.15, 0.2) is 0 Å². The first-order valence-electron chi connectivity index (χ1n) is 7.71. The number of anilines is 1. The zero-order valence-electron chi connectivity index (χ0n) is 12.6. The number of hydrogen-bond donors (Lipinski definition) is 1. The third-order valence-corrected chi connectivity index (χ3v) is 6.20. The first kappa shape index (κ1) is 15.7. The van der Waals surface area contributed by atoms with E-state index in [1.807, 2.05) is 25.1 Å². The molecule has 6 heteroatoms. The number of nitrogens with one attached hydrogen (secondary N) is 1. The molecule has 0 amide bonds. The lowest BCUT2D eigenvalue weighted by Crippen LogP contribution is -2.33. The molecule has 1 aromatic carbocycles. The predicted octanol–water partition coefficient (Wildman–Crippen LogP) is 3.77. The minimum atomic E-state index is -0.713. The molecule has 0 radical (unpaired) electrons. The second-order valence-electron chi connectivity index (χ2n) is 5.68. The van der Waals surface area contributed by atoms with Gasteiger partial charge in [-0.15, -0.1) is 0 Å². The molecule has 1 N–H and O–H groups in total. The highest BCUT2D eigenvalue weighted by Crippen LogP contribution is 2.28. The van der Waals surface area contributed by atoms with E-state index in [0.29, 0.717) is 16.3 Å². The maximum atomic E-state index is 12.1. The van der Waals surface area contributed by atoms with Crippen molar-refractivity contribution in [3.8, 4) is 0 Å². The molecular weight excluding hydrogens is 318 g/mol. The van der Waals surface area contributed by atoms with Crippen molar-refractivity contribution in [1.82, 2.24) is 9.97 Å². The van der Waals surface area contributed by atoms with Gasteiger partial charge in [0, 0.05) is 38.3 Å². The molecule has 0 spiro atoms. The second kappa shape index (κ2) is 6.92. The normalized spacial score (nSPS) is 23.4. The number of nitrogens with zero attached hydrogens (tertiary/aromatic N) is 2. The number of aromatic nitrogens is 2. The summed E-state index contributed by atoms with van der Waals surface area (Å²) in [6.07, 6.45) is 5.78. The van der Waals surface area contributed by atoms with Crippen LogP contribution in [-0.2, 0) is 10.8 Å². The van der Waals surface area contributed by atoms with Crippen molar-refractivity contribution in [2.45, 2.75) is 43.9 Å². The summed E-state index contributed by atoms with van der Waals surface area (Å²) in [6, 6.07) is 5.97. The van der Waals surface area contributed by atoms with Crippen LogP contribution in [0.4, 0.5) is 5.82 Å². The van der Waals surface area contributed by atoms with Crippen LogP contribution in [0.15, 0.2) is 24.5 Å². The predicted molar refractivity (Wildman–Crippen MR) is 92.9 cm³/mol. The fourth-order valence-corrected chi connectivity index (χ4v) is 4.60. The Morgan fingerprint density at radius 1 is 1.36 bits per heavy atom. The Labute approximate surface area is 138 Å². The summed E-state index contributed by atoms with van der Waals surface area (Å²) in [7, 11) is -0.713. The van der Waals surface area contributed by atoms with Gasteiger partial charge in [0.25, 0.3) is 0 Å². The standard InChI is InChI=1S/C16H20ClN3OS/c1-2-22(21)13-5-3-4-12(9-13)20-16-14-7-6-11(17)8-15(14)18-10-19-16/h6-8,10,12-13H,2-5,9H2,1H3,(H,18,19,20). The quantitative estimate of drug-likeness (QED) is 0.922. The molecule has 3 atom stereocenters. The van der Waals surface area contributed by atoms with Gasteiger partial charge in [0.05, 0.1) is 5.52 Å². The Morgan fingerprint density at radius 2 is 2.23 bits per heavy atom. The van der Waals surface area contributed by atoms with Crippen LogP contribution in [0.3, 0.4) is 0 Å². The zero-order valence-corrected chi connectivity index (χ0v) is 14.2. The van der Waals surface area contributed by atoms with Crippen molar-refractivity contribution in [2.24, 2.45) is 0 Å². The van der Waals surface area contributed by atoms with Crippen molar-refractivity contribution in [3.05, 3.63) is 29.5 Å². The van der Waals surface area contributed by atoms with Crippen molar-refractivity contribution in [2.75, 3.05) is 11.1 Å². The molecule has 3 unspecified atom stereocenters. The van der Waals surface area contributed by atoms with E-state index in [1.54, 1.807) is 6.33 Å². The van der Waals surface area contributed by atoms with Crippen LogP contribution in [0.5, 0.6) is 0 Å². The fourth-order valence-electron chi connectivity index (χ4n) is 3.09. The molecule has 22 heavy (non-hydrogen) atoms. The topological polar surface area (TPSA) is 54.9 Å². The second-order valence-corrected chi connectivity index (χ2v) is 8.12. The fraction of sp³-hybridized carbons (Fsp3) is 0.500. The Bertz CT molecular complexity index is 694. The van der Waals surface area contributed by atoms with Gasteiger partial charge in [-0.1, -0.05) is 24.9 Å². The van der Waals surface area contributed by atoms with Gasteiger partial charge >= 0.3 is 0 Å². The Balaban J connectivity index is 1.79. The maximum absolute atomic E-state index is 12.1. The van der Waals surface area contributed by atoms with Gasteiger partial charge in [-0.05, 0) is 37.5 Å². The lowest BCUT2D eigenvalue weighted by atomic mass is 9.95. The Hall–Kier alpha value is -1.20. The Morgan fingerprint density at radius 3 is 3.05 bits per heavy atom. The average molecular weight is 338 g/mol. The van der Waals surface area contributed by atoms with Gasteiger partial charge in [0.2, 0.25) is 0 Å². The molecule has 1 aromatic heterocycles. The molecule has 0 bridgehead atoms. The van der Waals surface area contributed by atoms with Gasteiger partial charge < -0.3 is 5.32 Å². The highest BCUT2D eigenvalue weighted by molar-refractivity contribution is 7.85. The van der Waals surface area contributed by atoms with Gasteiger partial charge in [0.1, 0.15) is 12.1 Å². The van der Waals surface area contributed by atoms with Gasteiger partial charge in [-0.3, -0.25) is 4.21 Å². The first-order chi connectivity index (χ1) is 10.7. The molecule has 0 saturated heterocycles. The molecular formula is C16H20ClN3OS. The Kier molecular flexibility index (Phi) is 4.93. The van der Waals surface area contributed by atoms with Gasteiger partial charge in [-0.25, -0.2) is 9.97 Å². The summed E-state index contributed by atoms with van der Waals surface area (Å²) in [4.78, 5) is 8.65. The van der Waals surface area contributed by atoms with E-state index in [2.05, 4.69) is 15.3 Å². The van der Waals surface area contributed by atoms with Crippen LogP contribution in [0.2, 0.25) is 5.02 Å². The van der Waals surface area contributed by atoms with E-state index in [0.717, 1.165) is 48.2 Å². The lowest BCUT2D eigenvalue weighted by molar-refractivity contribution is 0.464. The van der Waals surface area contributed by atoms with E-state index in [-0.39, 0.29) is 0 Å². The maximum Gasteiger partial charge on any atom is 0.137 e. The first-order valence-corrected chi connectivity index (χ1v) is 9.47. The molecule has 4 nitrogen and oxygen atoms in total. The average Bonchev–Trinajstić information content (AvgIpc) is 2.54.